The number of hydrogen-bond acceptors (Lipinski definition) is 2. The van der Waals surface area contributed by atoms with E-state index in [4.69, 9.17) is 9.73 Å². The number of aromatic amines is 2. The first-order chi connectivity index (χ1) is 11.6. The zero-order chi connectivity index (χ0) is 16.7. The molecule has 3 heterocycles. The van der Waals surface area contributed by atoms with Crippen molar-refractivity contribution in [3.8, 4) is 5.75 Å². The lowest BCUT2D eigenvalue weighted by Crippen LogP contribution is -2.19. The van der Waals surface area contributed by atoms with Crippen LogP contribution in [0.25, 0.3) is 17.8 Å². The van der Waals surface area contributed by atoms with E-state index < -0.39 is 0 Å². The van der Waals surface area contributed by atoms with E-state index in [2.05, 4.69) is 48.1 Å². The first kappa shape index (κ1) is 14.6. The van der Waals surface area contributed by atoms with Crippen molar-refractivity contribution in [3.63, 3.8) is 0 Å². The van der Waals surface area contributed by atoms with Crippen LogP contribution in [0.1, 0.15) is 17.0 Å². The lowest BCUT2D eigenvalue weighted by atomic mass is 10.2. The van der Waals surface area contributed by atoms with Gasteiger partial charge in [0, 0.05) is 22.7 Å². The molecule has 1 aliphatic rings. The van der Waals surface area contributed by atoms with Crippen molar-refractivity contribution in [2.45, 2.75) is 13.8 Å². The standard InChI is InChI=1S/C20H19N3O/c1-12-8-13(2)21-16(12)10-19-20(24-3)11-18(23-19)17-9-14-6-4-5-7-15(14)22-17/h4-11,21,23H,1-3H3/b18-17?,19-10+. The normalized spacial score (nSPS) is 15.9. The molecule has 3 aromatic rings. The molecule has 0 bridgehead atoms. The van der Waals surface area contributed by atoms with Crippen molar-refractivity contribution in [1.29, 1.82) is 0 Å². The zero-order valence-corrected chi connectivity index (χ0v) is 14.0. The van der Waals surface area contributed by atoms with Gasteiger partial charge >= 0.3 is 0 Å². The van der Waals surface area contributed by atoms with E-state index in [0.717, 1.165) is 44.1 Å². The van der Waals surface area contributed by atoms with Crippen LogP contribution in [0.15, 0.2) is 41.4 Å². The highest BCUT2D eigenvalue weighted by molar-refractivity contribution is 5.76. The molecule has 1 aliphatic heterocycles. The third-order valence-corrected chi connectivity index (χ3v) is 4.25. The topological polar surface area (TPSA) is 53.2 Å². The molecule has 0 atom stereocenters. The maximum atomic E-state index is 5.54. The number of fused-ring (bicyclic) bond motifs is 1. The summed E-state index contributed by atoms with van der Waals surface area (Å²) in [6.45, 7) is 4.15. The SMILES string of the molecule is COc1cc(=C2C=c3ccccc3=N2)[nH]/c1=C/c1[nH]c(C)cc1C. The largest absolute Gasteiger partial charge is 0.494 e. The van der Waals surface area contributed by atoms with E-state index in [1.54, 1.807) is 7.11 Å². The summed E-state index contributed by atoms with van der Waals surface area (Å²) in [5, 5.41) is 4.03. The Kier molecular flexibility index (Phi) is 3.38. The molecular weight excluding hydrogens is 298 g/mol. The lowest BCUT2D eigenvalue weighted by Gasteiger charge is -1.94. The van der Waals surface area contributed by atoms with E-state index >= 15 is 0 Å². The van der Waals surface area contributed by atoms with Gasteiger partial charge in [-0.3, -0.25) is 0 Å². The van der Waals surface area contributed by atoms with Gasteiger partial charge in [-0.05, 0) is 43.7 Å². The molecule has 0 radical (unpaired) electrons. The maximum Gasteiger partial charge on any atom is 0.144 e. The molecule has 0 saturated carbocycles. The van der Waals surface area contributed by atoms with Crippen LogP contribution in [-0.4, -0.2) is 17.1 Å². The highest BCUT2D eigenvalue weighted by Gasteiger charge is 2.06. The van der Waals surface area contributed by atoms with Crippen LogP contribution in [0, 0.1) is 13.8 Å². The minimum atomic E-state index is 0.809. The van der Waals surface area contributed by atoms with Crippen LogP contribution in [0.3, 0.4) is 0 Å². The quantitative estimate of drug-likeness (QED) is 0.728. The van der Waals surface area contributed by atoms with Crippen LogP contribution in [0.5, 0.6) is 5.75 Å². The van der Waals surface area contributed by atoms with Gasteiger partial charge in [0.25, 0.3) is 0 Å². The minimum Gasteiger partial charge on any atom is -0.494 e. The van der Waals surface area contributed by atoms with Gasteiger partial charge in [-0.25, -0.2) is 4.99 Å². The van der Waals surface area contributed by atoms with Crippen molar-refractivity contribution in [3.05, 3.63) is 74.6 Å². The van der Waals surface area contributed by atoms with E-state index in [0.29, 0.717) is 0 Å². The van der Waals surface area contributed by atoms with E-state index in [1.165, 1.54) is 5.56 Å². The van der Waals surface area contributed by atoms with E-state index in [1.807, 2.05) is 24.3 Å². The van der Waals surface area contributed by atoms with Gasteiger partial charge in [0.1, 0.15) is 5.75 Å². The van der Waals surface area contributed by atoms with Crippen molar-refractivity contribution >= 4 is 17.8 Å². The number of aromatic nitrogens is 2. The fraction of sp³-hybridized carbons (Fsp3) is 0.150. The van der Waals surface area contributed by atoms with E-state index in [-0.39, 0.29) is 0 Å². The molecule has 24 heavy (non-hydrogen) atoms. The molecule has 0 saturated heterocycles. The molecule has 0 aliphatic carbocycles. The Bertz CT molecular complexity index is 1130. The number of para-hydroxylation sites is 1. The van der Waals surface area contributed by atoms with Crippen molar-refractivity contribution < 1.29 is 4.74 Å². The van der Waals surface area contributed by atoms with Gasteiger partial charge in [-0.1, -0.05) is 18.2 Å². The van der Waals surface area contributed by atoms with Gasteiger partial charge in [0.05, 0.1) is 28.9 Å². The minimum absolute atomic E-state index is 0.809. The first-order valence-electron chi connectivity index (χ1n) is 7.95. The lowest BCUT2D eigenvalue weighted by molar-refractivity contribution is 0.412. The summed E-state index contributed by atoms with van der Waals surface area (Å²) in [4.78, 5) is 11.5. The summed E-state index contributed by atoms with van der Waals surface area (Å²) in [5.74, 6) is 0.809. The van der Waals surface area contributed by atoms with Gasteiger partial charge in [0.2, 0.25) is 0 Å². The summed E-state index contributed by atoms with van der Waals surface area (Å²) < 4.78 is 5.54. The molecule has 0 unspecified atom stereocenters. The number of nitrogens with one attached hydrogen (secondary N) is 2. The third kappa shape index (κ3) is 2.46. The molecular formula is C20H19N3O. The number of H-pyrrole nitrogens is 2. The average Bonchev–Trinajstić information content (AvgIpc) is 3.24. The molecule has 4 rings (SSSR count). The van der Waals surface area contributed by atoms with Crippen LogP contribution >= 0.6 is 0 Å². The summed E-state index contributed by atoms with van der Waals surface area (Å²) in [6, 6.07) is 12.3. The van der Waals surface area contributed by atoms with Crippen LogP contribution in [0.2, 0.25) is 0 Å². The smallest absolute Gasteiger partial charge is 0.144 e. The second-order valence-corrected chi connectivity index (χ2v) is 6.06. The molecule has 4 nitrogen and oxygen atoms in total. The summed E-state index contributed by atoms with van der Waals surface area (Å²) >= 11 is 0. The first-order valence-corrected chi connectivity index (χ1v) is 7.95. The maximum absolute atomic E-state index is 5.54. The Hall–Kier alpha value is -3.01. The van der Waals surface area contributed by atoms with Gasteiger partial charge in [-0.15, -0.1) is 0 Å². The summed E-state index contributed by atoms with van der Waals surface area (Å²) in [5.41, 5.74) is 4.37. The fourth-order valence-corrected chi connectivity index (χ4v) is 3.07. The average molecular weight is 317 g/mol. The second kappa shape index (κ2) is 5.57. The number of nitrogens with zero attached hydrogens (tertiary/aromatic N) is 1. The predicted octanol–water partition coefficient (Wildman–Crippen LogP) is 1.02. The Morgan fingerprint density at radius 3 is 2.62 bits per heavy atom. The van der Waals surface area contributed by atoms with Crippen LogP contribution < -0.4 is 26.0 Å². The van der Waals surface area contributed by atoms with E-state index in [9.17, 15) is 0 Å². The molecule has 0 spiro atoms. The molecule has 2 N–H and O–H groups in total. The zero-order valence-electron chi connectivity index (χ0n) is 14.0. The molecule has 1 aromatic carbocycles. The Balaban J connectivity index is 1.93. The number of ether oxygens (including phenoxy) is 1. The molecule has 4 heteroatoms. The van der Waals surface area contributed by atoms with Crippen molar-refractivity contribution in [2.24, 2.45) is 4.99 Å². The number of hydrogen-bond donors (Lipinski definition) is 2. The van der Waals surface area contributed by atoms with Gasteiger partial charge < -0.3 is 14.7 Å². The number of rotatable bonds is 2. The Morgan fingerprint density at radius 2 is 1.92 bits per heavy atom. The number of methoxy groups -OCH3 is 1. The third-order valence-electron chi connectivity index (χ3n) is 4.25. The number of aryl methyl sites for hydroxylation is 2. The predicted molar refractivity (Wildman–Crippen MR) is 95.5 cm³/mol. The molecule has 2 aromatic heterocycles. The van der Waals surface area contributed by atoms with Crippen molar-refractivity contribution in [1.82, 2.24) is 9.97 Å². The van der Waals surface area contributed by atoms with Gasteiger partial charge in [-0.2, -0.15) is 0 Å². The van der Waals surface area contributed by atoms with Crippen LogP contribution in [-0.2, 0) is 0 Å². The number of benzene rings is 1. The molecule has 0 fully saturated rings. The Labute approximate surface area is 139 Å². The van der Waals surface area contributed by atoms with Crippen LogP contribution in [0.4, 0.5) is 0 Å². The highest BCUT2D eigenvalue weighted by Crippen LogP contribution is 2.10. The summed E-state index contributed by atoms with van der Waals surface area (Å²) in [6.07, 6.45) is 4.17. The molecule has 0 amide bonds. The fourth-order valence-electron chi connectivity index (χ4n) is 3.07. The van der Waals surface area contributed by atoms with Gasteiger partial charge in [0.15, 0.2) is 0 Å². The monoisotopic (exact) mass is 317 g/mol. The second-order valence-electron chi connectivity index (χ2n) is 6.06. The highest BCUT2D eigenvalue weighted by atomic mass is 16.5. The Morgan fingerprint density at radius 1 is 1.08 bits per heavy atom. The summed E-state index contributed by atoms with van der Waals surface area (Å²) in [7, 11) is 1.69. The molecule has 120 valence electrons. The van der Waals surface area contributed by atoms with Crippen molar-refractivity contribution in [2.75, 3.05) is 7.11 Å².